The molecular weight excluding hydrogens is 232 g/mol. The molecule has 0 bridgehead atoms. The SMILES string of the molecule is CC(NC(=O)CCN(C)C1CCCCC1)C(=O)O. The molecule has 1 unspecified atom stereocenters. The van der Waals surface area contributed by atoms with E-state index in [-0.39, 0.29) is 5.91 Å². The summed E-state index contributed by atoms with van der Waals surface area (Å²) in [6.45, 7) is 2.17. The highest BCUT2D eigenvalue weighted by Gasteiger charge is 2.19. The van der Waals surface area contributed by atoms with Crippen molar-refractivity contribution in [3.05, 3.63) is 0 Å². The Hall–Kier alpha value is -1.10. The summed E-state index contributed by atoms with van der Waals surface area (Å²) in [6.07, 6.45) is 6.66. The van der Waals surface area contributed by atoms with E-state index in [4.69, 9.17) is 5.11 Å². The van der Waals surface area contributed by atoms with Crippen LogP contribution in [0, 0.1) is 0 Å². The molecule has 1 aliphatic carbocycles. The molecule has 1 atom stereocenters. The van der Waals surface area contributed by atoms with E-state index in [0.717, 1.165) is 0 Å². The predicted octanol–water partition coefficient (Wildman–Crippen LogP) is 1.23. The first kappa shape index (κ1) is 15.0. The molecule has 2 N–H and O–H groups in total. The van der Waals surface area contributed by atoms with Crippen molar-refractivity contribution in [3.63, 3.8) is 0 Å². The van der Waals surface area contributed by atoms with Gasteiger partial charge in [-0.2, -0.15) is 0 Å². The van der Waals surface area contributed by atoms with Crippen LogP contribution in [0.3, 0.4) is 0 Å². The number of nitrogens with one attached hydrogen (secondary N) is 1. The number of nitrogens with zero attached hydrogens (tertiary/aromatic N) is 1. The Balaban J connectivity index is 2.22. The Morgan fingerprint density at radius 2 is 1.94 bits per heavy atom. The van der Waals surface area contributed by atoms with E-state index in [1.54, 1.807) is 0 Å². The Kier molecular flexibility index (Phi) is 6.12. The number of carboxylic acid groups (broad SMARTS) is 1. The molecule has 0 heterocycles. The summed E-state index contributed by atoms with van der Waals surface area (Å²) < 4.78 is 0. The first-order valence-electron chi connectivity index (χ1n) is 6.73. The normalized spacial score (nSPS) is 18.6. The van der Waals surface area contributed by atoms with Crippen LogP contribution in [0.15, 0.2) is 0 Å². The molecule has 0 aliphatic heterocycles. The van der Waals surface area contributed by atoms with E-state index in [9.17, 15) is 9.59 Å². The number of rotatable bonds is 6. The lowest BCUT2D eigenvalue weighted by molar-refractivity contribution is -0.141. The second-order valence-electron chi connectivity index (χ2n) is 5.15. The van der Waals surface area contributed by atoms with E-state index >= 15 is 0 Å². The summed E-state index contributed by atoms with van der Waals surface area (Å²) in [5.74, 6) is -1.18. The topological polar surface area (TPSA) is 69.6 Å². The number of hydrogen-bond donors (Lipinski definition) is 2. The lowest BCUT2D eigenvalue weighted by Crippen LogP contribution is -2.41. The third-order valence-electron chi connectivity index (χ3n) is 3.64. The quantitative estimate of drug-likeness (QED) is 0.750. The van der Waals surface area contributed by atoms with Gasteiger partial charge in [-0.15, -0.1) is 0 Å². The number of aliphatic carboxylic acids is 1. The fourth-order valence-electron chi connectivity index (χ4n) is 2.36. The van der Waals surface area contributed by atoms with Crippen molar-refractivity contribution in [1.29, 1.82) is 0 Å². The van der Waals surface area contributed by atoms with Crippen molar-refractivity contribution in [2.24, 2.45) is 0 Å². The summed E-state index contributed by atoms with van der Waals surface area (Å²) in [5.41, 5.74) is 0. The van der Waals surface area contributed by atoms with Crippen LogP contribution in [-0.4, -0.2) is 47.6 Å². The predicted molar refractivity (Wildman–Crippen MR) is 69.4 cm³/mol. The van der Waals surface area contributed by atoms with Crippen molar-refractivity contribution in [2.45, 2.75) is 57.5 Å². The van der Waals surface area contributed by atoms with E-state index in [0.29, 0.717) is 19.0 Å². The van der Waals surface area contributed by atoms with Crippen LogP contribution in [0.2, 0.25) is 0 Å². The smallest absolute Gasteiger partial charge is 0.325 e. The highest BCUT2D eigenvalue weighted by Crippen LogP contribution is 2.21. The molecule has 18 heavy (non-hydrogen) atoms. The van der Waals surface area contributed by atoms with Crippen LogP contribution >= 0.6 is 0 Å². The first-order valence-corrected chi connectivity index (χ1v) is 6.73. The fourth-order valence-corrected chi connectivity index (χ4v) is 2.36. The molecule has 1 aliphatic rings. The second-order valence-corrected chi connectivity index (χ2v) is 5.15. The Morgan fingerprint density at radius 1 is 1.33 bits per heavy atom. The Bertz CT molecular complexity index is 288. The molecule has 0 aromatic carbocycles. The molecule has 104 valence electrons. The Labute approximate surface area is 109 Å². The van der Waals surface area contributed by atoms with Gasteiger partial charge < -0.3 is 15.3 Å². The van der Waals surface area contributed by atoms with Gasteiger partial charge in [-0.05, 0) is 26.8 Å². The zero-order valence-corrected chi connectivity index (χ0v) is 11.3. The third-order valence-corrected chi connectivity index (χ3v) is 3.64. The average Bonchev–Trinajstić information content (AvgIpc) is 2.36. The maximum absolute atomic E-state index is 11.5. The standard InChI is InChI=1S/C13H24N2O3/c1-10(13(17)18)14-12(16)8-9-15(2)11-6-4-3-5-7-11/h10-11H,3-9H2,1-2H3,(H,14,16)(H,17,18). The molecule has 1 rings (SSSR count). The molecule has 1 amide bonds. The van der Waals surface area contributed by atoms with Gasteiger partial charge in [0.1, 0.15) is 6.04 Å². The number of carbonyl (C=O) groups is 2. The van der Waals surface area contributed by atoms with Gasteiger partial charge in [0.25, 0.3) is 0 Å². The van der Waals surface area contributed by atoms with Crippen LogP contribution in [0.5, 0.6) is 0 Å². The lowest BCUT2D eigenvalue weighted by Gasteiger charge is -2.31. The van der Waals surface area contributed by atoms with E-state index < -0.39 is 12.0 Å². The number of carboxylic acids is 1. The molecular formula is C13H24N2O3. The van der Waals surface area contributed by atoms with Crippen LogP contribution in [0.25, 0.3) is 0 Å². The molecule has 1 fully saturated rings. The molecule has 0 radical (unpaired) electrons. The van der Waals surface area contributed by atoms with Crippen LogP contribution in [-0.2, 0) is 9.59 Å². The number of amides is 1. The van der Waals surface area contributed by atoms with Crippen molar-refractivity contribution in [2.75, 3.05) is 13.6 Å². The first-order chi connectivity index (χ1) is 8.50. The van der Waals surface area contributed by atoms with Crippen molar-refractivity contribution in [1.82, 2.24) is 10.2 Å². The molecule has 0 saturated heterocycles. The van der Waals surface area contributed by atoms with Crippen molar-refractivity contribution in [3.8, 4) is 0 Å². The molecule has 5 nitrogen and oxygen atoms in total. The lowest BCUT2D eigenvalue weighted by atomic mass is 9.94. The van der Waals surface area contributed by atoms with Gasteiger partial charge in [0.05, 0.1) is 0 Å². The van der Waals surface area contributed by atoms with Gasteiger partial charge in [-0.25, -0.2) is 0 Å². The number of carbonyl (C=O) groups excluding carboxylic acids is 1. The van der Waals surface area contributed by atoms with Gasteiger partial charge in [0.15, 0.2) is 0 Å². The van der Waals surface area contributed by atoms with E-state index in [2.05, 4.69) is 10.2 Å². The zero-order chi connectivity index (χ0) is 13.5. The van der Waals surface area contributed by atoms with Crippen LogP contribution in [0.1, 0.15) is 45.4 Å². The van der Waals surface area contributed by atoms with Gasteiger partial charge >= 0.3 is 5.97 Å². The molecule has 0 aromatic rings. The molecule has 1 saturated carbocycles. The summed E-state index contributed by atoms with van der Waals surface area (Å²) in [7, 11) is 2.05. The largest absolute Gasteiger partial charge is 0.480 e. The minimum atomic E-state index is -0.996. The summed E-state index contributed by atoms with van der Waals surface area (Å²) in [4.78, 5) is 24.4. The van der Waals surface area contributed by atoms with Crippen LogP contribution in [0.4, 0.5) is 0 Å². The van der Waals surface area contributed by atoms with Crippen molar-refractivity contribution >= 4 is 11.9 Å². The van der Waals surface area contributed by atoms with Crippen molar-refractivity contribution < 1.29 is 14.7 Å². The van der Waals surface area contributed by atoms with E-state index in [1.165, 1.54) is 39.0 Å². The van der Waals surface area contributed by atoms with Gasteiger partial charge in [-0.3, -0.25) is 9.59 Å². The van der Waals surface area contributed by atoms with Gasteiger partial charge in [-0.1, -0.05) is 19.3 Å². The van der Waals surface area contributed by atoms with E-state index in [1.807, 2.05) is 7.05 Å². The third kappa shape index (κ3) is 5.04. The summed E-state index contributed by atoms with van der Waals surface area (Å²) in [6, 6.07) is -0.221. The molecule has 0 aromatic heterocycles. The molecule has 0 spiro atoms. The maximum atomic E-state index is 11.5. The highest BCUT2D eigenvalue weighted by molar-refractivity contribution is 5.83. The van der Waals surface area contributed by atoms with Gasteiger partial charge in [0.2, 0.25) is 5.91 Å². The minimum Gasteiger partial charge on any atom is -0.480 e. The highest BCUT2D eigenvalue weighted by atomic mass is 16.4. The summed E-state index contributed by atoms with van der Waals surface area (Å²) in [5, 5.41) is 11.2. The monoisotopic (exact) mass is 256 g/mol. The minimum absolute atomic E-state index is 0.187. The maximum Gasteiger partial charge on any atom is 0.325 e. The Morgan fingerprint density at radius 3 is 2.50 bits per heavy atom. The number of hydrogen-bond acceptors (Lipinski definition) is 3. The molecule has 5 heteroatoms. The second kappa shape index (κ2) is 7.36. The zero-order valence-electron chi connectivity index (χ0n) is 11.3. The van der Waals surface area contributed by atoms with Gasteiger partial charge in [0, 0.05) is 19.0 Å². The van der Waals surface area contributed by atoms with Crippen LogP contribution < -0.4 is 5.32 Å². The fraction of sp³-hybridized carbons (Fsp3) is 0.846. The average molecular weight is 256 g/mol. The summed E-state index contributed by atoms with van der Waals surface area (Å²) >= 11 is 0.